The normalized spacial score (nSPS) is 27.8. The fourth-order valence-electron chi connectivity index (χ4n) is 4.71. The molecule has 7 heteroatoms. The Bertz CT molecular complexity index is 666. The number of carbonyl (C=O) groups excluding carboxylic acids is 2. The highest BCUT2D eigenvalue weighted by Crippen LogP contribution is 2.38. The van der Waals surface area contributed by atoms with E-state index in [-0.39, 0.29) is 11.8 Å². The predicted molar refractivity (Wildman–Crippen MR) is 88.9 cm³/mol. The quantitative estimate of drug-likeness (QED) is 0.828. The molecule has 2 aliphatic heterocycles. The first-order valence-corrected chi connectivity index (χ1v) is 9.09. The SMILES string of the molecule is COC1(C(=O)N2C[C@H]3CN(C(=O)c4nocc4C)C[C@H]3C2)CCCC1. The van der Waals surface area contributed by atoms with Crippen molar-refractivity contribution in [2.75, 3.05) is 33.3 Å². The molecule has 0 unspecified atom stereocenters. The maximum Gasteiger partial charge on any atom is 0.276 e. The van der Waals surface area contributed by atoms with E-state index in [2.05, 4.69) is 5.16 Å². The van der Waals surface area contributed by atoms with Crippen molar-refractivity contribution in [1.29, 1.82) is 0 Å². The van der Waals surface area contributed by atoms with Crippen LogP contribution in [0.4, 0.5) is 0 Å². The molecular weight excluding hydrogens is 322 g/mol. The number of aromatic nitrogens is 1. The zero-order chi connectivity index (χ0) is 17.6. The number of rotatable bonds is 3. The van der Waals surface area contributed by atoms with E-state index in [1.165, 1.54) is 6.26 Å². The Morgan fingerprint density at radius 3 is 2.28 bits per heavy atom. The average Bonchev–Trinajstić information content (AvgIpc) is 3.36. The molecule has 3 heterocycles. The van der Waals surface area contributed by atoms with Crippen LogP contribution in [0.25, 0.3) is 0 Å². The number of nitrogens with zero attached hydrogens (tertiary/aromatic N) is 3. The summed E-state index contributed by atoms with van der Waals surface area (Å²) in [5.41, 5.74) is 0.561. The second-order valence-electron chi connectivity index (χ2n) is 7.69. The molecule has 1 aliphatic carbocycles. The van der Waals surface area contributed by atoms with Gasteiger partial charge in [0.25, 0.3) is 11.8 Å². The summed E-state index contributed by atoms with van der Waals surface area (Å²) in [5.74, 6) is 0.764. The van der Waals surface area contributed by atoms with Gasteiger partial charge in [-0.3, -0.25) is 9.59 Å². The number of hydrogen-bond acceptors (Lipinski definition) is 5. The summed E-state index contributed by atoms with van der Waals surface area (Å²) in [5, 5.41) is 3.82. The van der Waals surface area contributed by atoms with Crippen molar-refractivity contribution in [2.45, 2.75) is 38.2 Å². The highest BCUT2D eigenvalue weighted by Gasteiger charge is 2.49. The molecule has 3 aliphatic rings. The third-order valence-electron chi connectivity index (χ3n) is 6.20. The van der Waals surface area contributed by atoms with Gasteiger partial charge in [-0.1, -0.05) is 5.16 Å². The van der Waals surface area contributed by atoms with Crippen molar-refractivity contribution in [3.63, 3.8) is 0 Å². The predicted octanol–water partition coefficient (Wildman–Crippen LogP) is 1.47. The molecule has 2 atom stereocenters. The van der Waals surface area contributed by atoms with Gasteiger partial charge in [0.15, 0.2) is 5.69 Å². The van der Waals surface area contributed by atoms with Crippen LogP contribution < -0.4 is 0 Å². The summed E-state index contributed by atoms with van der Waals surface area (Å²) in [6.07, 6.45) is 5.25. The molecule has 0 radical (unpaired) electrons. The van der Waals surface area contributed by atoms with E-state index in [0.717, 1.165) is 44.3 Å². The number of hydrogen-bond donors (Lipinski definition) is 0. The summed E-state index contributed by atoms with van der Waals surface area (Å²) < 4.78 is 10.5. The van der Waals surface area contributed by atoms with Crippen molar-refractivity contribution in [2.24, 2.45) is 11.8 Å². The largest absolute Gasteiger partial charge is 0.368 e. The lowest BCUT2D eigenvalue weighted by Crippen LogP contribution is -2.48. The van der Waals surface area contributed by atoms with Gasteiger partial charge in [-0.05, 0) is 32.6 Å². The fourth-order valence-corrected chi connectivity index (χ4v) is 4.71. The number of amides is 2. The van der Waals surface area contributed by atoms with E-state index in [1.807, 2.05) is 16.7 Å². The number of aryl methyl sites for hydroxylation is 1. The van der Waals surface area contributed by atoms with Crippen LogP contribution in [-0.4, -0.2) is 65.7 Å². The molecule has 1 saturated carbocycles. The highest BCUT2D eigenvalue weighted by molar-refractivity contribution is 5.93. The second-order valence-corrected chi connectivity index (χ2v) is 7.69. The van der Waals surface area contributed by atoms with Crippen LogP contribution >= 0.6 is 0 Å². The monoisotopic (exact) mass is 347 g/mol. The van der Waals surface area contributed by atoms with Crippen LogP contribution in [0.2, 0.25) is 0 Å². The van der Waals surface area contributed by atoms with E-state index in [4.69, 9.17) is 9.26 Å². The molecule has 4 rings (SSSR count). The third-order valence-corrected chi connectivity index (χ3v) is 6.20. The molecular formula is C18H25N3O4. The third kappa shape index (κ3) is 2.65. The Morgan fingerprint density at radius 2 is 1.76 bits per heavy atom. The summed E-state index contributed by atoms with van der Waals surface area (Å²) in [6.45, 7) is 4.62. The Kier molecular flexibility index (Phi) is 4.06. The molecule has 0 aromatic carbocycles. The van der Waals surface area contributed by atoms with Crippen LogP contribution in [0.3, 0.4) is 0 Å². The first kappa shape index (κ1) is 16.6. The molecule has 0 N–H and O–H groups in total. The average molecular weight is 347 g/mol. The van der Waals surface area contributed by atoms with Gasteiger partial charge in [-0.15, -0.1) is 0 Å². The molecule has 136 valence electrons. The molecule has 25 heavy (non-hydrogen) atoms. The minimum absolute atomic E-state index is 0.0670. The smallest absolute Gasteiger partial charge is 0.276 e. The van der Waals surface area contributed by atoms with Crippen molar-refractivity contribution < 1.29 is 18.8 Å². The Hall–Kier alpha value is -1.89. The van der Waals surface area contributed by atoms with E-state index in [9.17, 15) is 9.59 Å². The van der Waals surface area contributed by atoms with E-state index >= 15 is 0 Å². The minimum atomic E-state index is -0.605. The van der Waals surface area contributed by atoms with Crippen LogP contribution in [-0.2, 0) is 9.53 Å². The highest BCUT2D eigenvalue weighted by atomic mass is 16.5. The van der Waals surface area contributed by atoms with Gasteiger partial charge < -0.3 is 19.1 Å². The summed E-state index contributed by atoms with van der Waals surface area (Å²) in [4.78, 5) is 29.4. The van der Waals surface area contributed by atoms with Crippen molar-refractivity contribution in [3.05, 3.63) is 17.5 Å². The molecule has 0 bridgehead atoms. The first-order valence-electron chi connectivity index (χ1n) is 9.09. The number of likely N-dealkylation sites (tertiary alicyclic amines) is 2. The topological polar surface area (TPSA) is 75.9 Å². The lowest BCUT2D eigenvalue weighted by atomic mass is 10.0. The van der Waals surface area contributed by atoms with Crippen LogP contribution in [0.15, 0.2) is 10.8 Å². The molecule has 0 spiro atoms. The minimum Gasteiger partial charge on any atom is -0.368 e. The Labute approximate surface area is 147 Å². The Morgan fingerprint density at radius 1 is 1.16 bits per heavy atom. The number of fused-ring (bicyclic) bond motifs is 1. The van der Waals surface area contributed by atoms with E-state index < -0.39 is 5.60 Å². The van der Waals surface area contributed by atoms with Gasteiger partial charge in [-0.2, -0.15) is 0 Å². The Balaban J connectivity index is 1.40. The summed E-state index contributed by atoms with van der Waals surface area (Å²) >= 11 is 0. The number of ether oxygens (including phenoxy) is 1. The standard InChI is InChI=1S/C18H25N3O4/c1-12-11-25-19-15(12)16(22)20-7-13-9-21(10-14(13)8-20)17(23)18(24-2)5-3-4-6-18/h11,13-14H,3-10H2,1-2H3/t13-,14+. The summed E-state index contributed by atoms with van der Waals surface area (Å²) in [6, 6.07) is 0. The fraction of sp³-hybridized carbons (Fsp3) is 0.722. The molecule has 2 saturated heterocycles. The molecule has 7 nitrogen and oxygen atoms in total. The van der Waals surface area contributed by atoms with Crippen molar-refractivity contribution in [1.82, 2.24) is 15.0 Å². The van der Waals surface area contributed by atoms with Gasteiger partial charge in [-0.25, -0.2) is 0 Å². The van der Waals surface area contributed by atoms with Crippen molar-refractivity contribution >= 4 is 11.8 Å². The van der Waals surface area contributed by atoms with Gasteiger partial charge in [0, 0.05) is 50.7 Å². The lowest BCUT2D eigenvalue weighted by molar-refractivity contribution is -0.153. The van der Waals surface area contributed by atoms with E-state index in [0.29, 0.717) is 30.6 Å². The zero-order valence-corrected chi connectivity index (χ0v) is 14.9. The molecule has 2 amide bonds. The lowest BCUT2D eigenvalue weighted by Gasteiger charge is -2.32. The van der Waals surface area contributed by atoms with Gasteiger partial charge >= 0.3 is 0 Å². The van der Waals surface area contributed by atoms with Gasteiger partial charge in [0.2, 0.25) is 0 Å². The maximum atomic E-state index is 13.0. The molecule has 1 aromatic rings. The van der Waals surface area contributed by atoms with Crippen LogP contribution in [0.5, 0.6) is 0 Å². The maximum absolute atomic E-state index is 13.0. The zero-order valence-electron chi connectivity index (χ0n) is 14.9. The second kappa shape index (κ2) is 6.12. The van der Waals surface area contributed by atoms with Crippen molar-refractivity contribution in [3.8, 4) is 0 Å². The molecule has 3 fully saturated rings. The van der Waals surface area contributed by atoms with Crippen LogP contribution in [0, 0.1) is 18.8 Å². The molecule has 1 aromatic heterocycles. The first-order chi connectivity index (χ1) is 12.0. The summed E-state index contributed by atoms with van der Waals surface area (Å²) in [7, 11) is 1.65. The number of methoxy groups -OCH3 is 1. The van der Waals surface area contributed by atoms with Gasteiger partial charge in [0.05, 0.1) is 0 Å². The van der Waals surface area contributed by atoms with Crippen LogP contribution in [0.1, 0.15) is 41.7 Å². The van der Waals surface area contributed by atoms with E-state index in [1.54, 1.807) is 7.11 Å². The number of carbonyl (C=O) groups is 2. The van der Waals surface area contributed by atoms with Gasteiger partial charge in [0.1, 0.15) is 11.9 Å².